The summed E-state index contributed by atoms with van der Waals surface area (Å²) >= 11 is 1.50. The van der Waals surface area contributed by atoms with E-state index in [4.69, 9.17) is 9.15 Å². The summed E-state index contributed by atoms with van der Waals surface area (Å²) in [4.78, 5) is 29.6. The molecule has 3 aromatic rings. The van der Waals surface area contributed by atoms with Gasteiger partial charge in [0.15, 0.2) is 11.7 Å². The summed E-state index contributed by atoms with van der Waals surface area (Å²) < 4.78 is 11.2. The molecule has 6 nitrogen and oxygen atoms in total. The number of carbonyl (C=O) groups excluding carboxylic acids is 2. The number of fused-ring (bicyclic) bond motifs is 1. The molecule has 1 amide bonds. The zero-order valence-corrected chi connectivity index (χ0v) is 17.8. The average molecular weight is 423 g/mol. The van der Waals surface area contributed by atoms with Gasteiger partial charge in [0.1, 0.15) is 23.8 Å². The van der Waals surface area contributed by atoms with Gasteiger partial charge in [0.2, 0.25) is 5.91 Å². The molecule has 1 aromatic carbocycles. The normalized spacial score (nSPS) is 15.2. The van der Waals surface area contributed by atoms with Crippen LogP contribution in [0, 0.1) is 13.8 Å². The maximum absolute atomic E-state index is 12.1. The van der Waals surface area contributed by atoms with Crippen molar-refractivity contribution >= 4 is 29.1 Å². The standard InChI is InChI=1S/C23H22N2O4S/c1-13-8-16(21-6-5-20(30-21)14(2)26)9-17-10-19(29-23(13)17)11-24-22(27)7-4-18-12-28-15(3)25-18/h4-9,12,19H,10-11H2,1-3H3,(H,24,27)/b7-4+. The monoisotopic (exact) mass is 422 g/mol. The molecular formula is C23H22N2O4S. The summed E-state index contributed by atoms with van der Waals surface area (Å²) in [5.41, 5.74) is 3.87. The molecule has 2 aromatic heterocycles. The van der Waals surface area contributed by atoms with Crippen molar-refractivity contribution in [1.82, 2.24) is 10.3 Å². The number of carbonyl (C=O) groups is 2. The van der Waals surface area contributed by atoms with Gasteiger partial charge in [0, 0.05) is 24.3 Å². The van der Waals surface area contributed by atoms with Crippen LogP contribution in [0.4, 0.5) is 0 Å². The minimum Gasteiger partial charge on any atom is -0.488 e. The van der Waals surface area contributed by atoms with Gasteiger partial charge in [-0.25, -0.2) is 4.98 Å². The van der Waals surface area contributed by atoms with E-state index in [2.05, 4.69) is 22.4 Å². The number of nitrogens with one attached hydrogen (secondary N) is 1. The number of hydrogen-bond acceptors (Lipinski definition) is 6. The molecule has 1 unspecified atom stereocenters. The van der Waals surface area contributed by atoms with Crippen molar-refractivity contribution in [2.75, 3.05) is 6.54 Å². The van der Waals surface area contributed by atoms with E-state index in [0.717, 1.165) is 38.6 Å². The van der Waals surface area contributed by atoms with Crippen molar-refractivity contribution < 1.29 is 18.7 Å². The number of aromatic nitrogens is 1. The lowest BCUT2D eigenvalue weighted by Gasteiger charge is -2.12. The van der Waals surface area contributed by atoms with Crippen LogP contribution in [-0.4, -0.2) is 29.3 Å². The largest absolute Gasteiger partial charge is 0.488 e. The second-order valence-corrected chi connectivity index (χ2v) is 8.40. The van der Waals surface area contributed by atoms with E-state index in [0.29, 0.717) is 18.1 Å². The zero-order chi connectivity index (χ0) is 21.3. The lowest BCUT2D eigenvalue weighted by Crippen LogP contribution is -2.33. The number of Topliss-reactive ketones (excluding diaryl/α,β-unsaturated/α-hetero) is 1. The Morgan fingerprint density at radius 1 is 1.30 bits per heavy atom. The predicted octanol–water partition coefficient (Wildman–Crippen LogP) is 4.36. The highest BCUT2D eigenvalue weighted by atomic mass is 32.1. The van der Waals surface area contributed by atoms with Crippen LogP contribution >= 0.6 is 11.3 Å². The van der Waals surface area contributed by atoms with Crippen molar-refractivity contribution in [2.45, 2.75) is 33.3 Å². The fraction of sp³-hybridized carbons (Fsp3) is 0.261. The number of aryl methyl sites for hydroxylation is 2. The fourth-order valence-electron chi connectivity index (χ4n) is 3.45. The molecule has 1 aliphatic heterocycles. The number of amides is 1. The molecule has 154 valence electrons. The van der Waals surface area contributed by atoms with Gasteiger partial charge in [-0.1, -0.05) is 0 Å². The number of oxazole rings is 1. The lowest BCUT2D eigenvalue weighted by atomic mass is 10.0. The topological polar surface area (TPSA) is 81.4 Å². The maximum atomic E-state index is 12.1. The van der Waals surface area contributed by atoms with Gasteiger partial charge in [-0.2, -0.15) is 0 Å². The van der Waals surface area contributed by atoms with Gasteiger partial charge in [0.05, 0.1) is 11.4 Å². The van der Waals surface area contributed by atoms with Crippen molar-refractivity contribution in [3.8, 4) is 16.2 Å². The number of ketones is 1. The van der Waals surface area contributed by atoms with E-state index in [1.807, 2.05) is 19.1 Å². The smallest absolute Gasteiger partial charge is 0.244 e. The van der Waals surface area contributed by atoms with Gasteiger partial charge < -0.3 is 14.5 Å². The Balaban J connectivity index is 1.39. The molecule has 1 aliphatic rings. The Morgan fingerprint density at radius 2 is 2.13 bits per heavy atom. The second kappa shape index (κ2) is 8.28. The quantitative estimate of drug-likeness (QED) is 0.472. The first-order valence-corrected chi connectivity index (χ1v) is 10.5. The Morgan fingerprint density at radius 3 is 2.83 bits per heavy atom. The van der Waals surface area contributed by atoms with Crippen molar-refractivity contribution in [1.29, 1.82) is 0 Å². The SMILES string of the molecule is CC(=O)c1ccc(-c2cc(C)c3c(c2)CC(CNC(=O)/C=C/c2coc(C)n2)O3)s1. The zero-order valence-electron chi connectivity index (χ0n) is 17.0. The Labute approximate surface area is 178 Å². The Hall–Kier alpha value is -3.19. The first-order valence-electron chi connectivity index (χ1n) is 9.68. The van der Waals surface area contributed by atoms with Crippen LogP contribution in [0.25, 0.3) is 16.5 Å². The predicted molar refractivity (Wildman–Crippen MR) is 116 cm³/mol. The number of rotatable bonds is 6. The van der Waals surface area contributed by atoms with Crippen LogP contribution in [0.1, 0.15) is 39.3 Å². The van der Waals surface area contributed by atoms with Gasteiger partial charge in [-0.15, -0.1) is 11.3 Å². The first-order chi connectivity index (χ1) is 14.4. The molecule has 3 heterocycles. The third-order valence-corrected chi connectivity index (χ3v) is 6.10. The minimum atomic E-state index is -0.206. The van der Waals surface area contributed by atoms with E-state index >= 15 is 0 Å². The van der Waals surface area contributed by atoms with Crippen LogP contribution in [0.3, 0.4) is 0 Å². The number of nitrogens with zero attached hydrogens (tertiary/aromatic N) is 1. The van der Waals surface area contributed by atoms with Crippen molar-refractivity contribution in [2.24, 2.45) is 0 Å². The van der Waals surface area contributed by atoms with E-state index in [1.165, 1.54) is 23.7 Å². The molecule has 0 bridgehead atoms. The van der Waals surface area contributed by atoms with Crippen molar-refractivity contribution in [3.05, 3.63) is 64.2 Å². The molecule has 0 saturated carbocycles. The molecule has 1 atom stereocenters. The van der Waals surface area contributed by atoms with Gasteiger partial charge in [-0.05, 0) is 60.9 Å². The van der Waals surface area contributed by atoms with E-state index in [-0.39, 0.29) is 17.8 Å². The highest BCUT2D eigenvalue weighted by molar-refractivity contribution is 7.17. The third-order valence-electron chi connectivity index (χ3n) is 4.87. The van der Waals surface area contributed by atoms with Crippen LogP contribution in [0.5, 0.6) is 5.75 Å². The Kier molecular flexibility index (Phi) is 5.55. The summed E-state index contributed by atoms with van der Waals surface area (Å²) in [6, 6.07) is 8.05. The summed E-state index contributed by atoms with van der Waals surface area (Å²) in [6.07, 6.45) is 5.16. The van der Waals surface area contributed by atoms with E-state index in [1.54, 1.807) is 19.9 Å². The van der Waals surface area contributed by atoms with E-state index in [9.17, 15) is 9.59 Å². The highest BCUT2D eigenvalue weighted by Crippen LogP contribution is 2.38. The number of hydrogen-bond donors (Lipinski definition) is 1. The number of benzene rings is 1. The average Bonchev–Trinajstić information content (AvgIpc) is 3.43. The van der Waals surface area contributed by atoms with Gasteiger partial charge in [0.25, 0.3) is 0 Å². The summed E-state index contributed by atoms with van der Waals surface area (Å²) in [6.45, 7) is 5.77. The third kappa shape index (κ3) is 4.36. The highest BCUT2D eigenvalue weighted by Gasteiger charge is 2.25. The van der Waals surface area contributed by atoms with Crippen LogP contribution < -0.4 is 10.1 Å². The number of thiophene rings is 1. The first kappa shape index (κ1) is 20.1. The second-order valence-electron chi connectivity index (χ2n) is 7.32. The van der Waals surface area contributed by atoms with Crippen LogP contribution in [0.2, 0.25) is 0 Å². The molecule has 30 heavy (non-hydrogen) atoms. The summed E-state index contributed by atoms with van der Waals surface area (Å²) in [7, 11) is 0. The molecule has 0 aliphatic carbocycles. The van der Waals surface area contributed by atoms with Crippen LogP contribution in [0.15, 0.2) is 41.0 Å². The lowest BCUT2D eigenvalue weighted by molar-refractivity contribution is -0.116. The molecule has 7 heteroatoms. The molecule has 0 fully saturated rings. The summed E-state index contributed by atoms with van der Waals surface area (Å²) in [5.74, 6) is 1.32. The molecule has 1 N–H and O–H groups in total. The molecule has 0 saturated heterocycles. The summed E-state index contributed by atoms with van der Waals surface area (Å²) in [5, 5.41) is 2.87. The van der Waals surface area contributed by atoms with Crippen LogP contribution in [-0.2, 0) is 11.2 Å². The van der Waals surface area contributed by atoms with Crippen molar-refractivity contribution in [3.63, 3.8) is 0 Å². The maximum Gasteiger partial charge on any atom is 0.244 e. The molecule has 0 spiro atoms. The van der Waals surface area contributed by atoms with Gasteiger partial charge in [-0.3, -0.25) is 9.59 Å². The number of ether oxygens (including phenoxy) is 1. The minimum absolute atomic E-state index is 0.0796. The van der Waals surface area contributed by atoms with Gasteiger partial charge >= 0.3 is 0 Å². The molecular weight excluding hydrogens is 400 g/mol. The van der Waals surface area contributed by atoms with E-state index < -0.39 is 0 Å². The Bertz CT molecular complexity index is 1140. The molecule has 4 rings (SSSR count). The molecule has 0 radical (unpaired) electrons. The fourth-order valence-corrected chi connectivity index (χ4v) is 4.34.